The lowest BCUT2D eigenvalue weighted by Crippen LogP contribution is -2.25. The summed E-state index contributed by atoms with van der Waals surface area (Å²) in [7, 11) is 0. The number of benzene rings is 3. The summed E-state index contributed by atoms with van der Waals surface area (Å²) in [4.78, 5) is 0. The molecule has 0 aromatic heterocycles. The van der Waals surface area contributed by atoms with Gasteiger partial charge in [0.25, 0.3) is 0 Å². The van der Waals surface area contributed by atoms with Gasteiger partial charge in [-0.05, 0) is 34.4 Å². The molecule has 0 bridgehead atoms. The first-order valence-electron chi connectivity index (χ1n) is 8.67. The van der Waals surface area contributed by atoms with Crippen LogP contribution in [0.3, 0.4) is 0 Å². The molecule has 140 valence electrons. The molecule has 0 saturated heterocycles. The van der Waals surface area contributed by atoms with Gasteiger partial charge in [0.15, 0.2) is 0 Å². The third-order valence-electron chi connectivity index (χ3n) is 4.37. The van der Waals surface area contributed by atoms with Gasteiger partial charge in [0.1, 0.15) is 0 Å². The van der Waals surface area contributed by atoms with Crippen LogP contribution in [0.5, 0.6) is 0 Å². The molecule has 0 aliphatic carbocycles. The molecule has 27 heavy (non-hydrogen) atoms. The number of halogens is 2. The quantitative estimate of drug-likeness (QED) is 0.498. The highest BCUT2D eigenvalue weighted by Crippen LogP contribution is 2.37. The monoisotopic (exact) mass is 417 g/mol. The van der Waals surface area contributed by atoms with Crippen LogP contribution < -0.4 is 5.73 Å². The Morgan fingerprint density at radius 1 is 0.889 bits per heavy atom. The number of aliphatic hydroxyl groups excluding tert-OH is 1. The van der Waals surface area contributed by atoms with Crippen molar-refractivity contribution in [2.75, 3.05) is 6.54 Å². The molecule has 3 aromatic carbocycles. The molecule has 2 unspecified atom stereocenters. The zero-order chi connectivity index (χ0) is 19.2. The Kier molecular flexibility index (Phi) is 7.22. The van der Waals surface area contributed by atoms with Crippen molar-refractivity contribution in [2.24, 2.45) is 5.73 Å². The predicted octanol–water partition coefficient (Wildman–Crippen LogP) is 5.95. The van der Waals surface area contributed by atoms with Crippen LogP contribution in [0.15, 0.2) is 72.8 Å². The van der Waals surface area contributed by atoms with E-state index >= 15 is 0 Å². The van der Waals surface area contributed by atoms with E-state index < -0.39 is 6.10 Å². The van der Waals surface area contributed by atoms with Gasteiger partial charge in [0, 0.05) is 22.3 Å². The van der Waals surface area contributed by atoms with Crippen LogP contribution in [-0.4, -0.2) is 17.8 Å². The Morgan fingerprint density at radius 3 is 2.19 bits per heavy atom. The molecule has 2 nitrogen and oxygen atoms in total. The lowest BCUT2D eigenvalue weighted by atomic mass is 10.0. The van der Waals surface area contributed by atoms with Crippen LogP contribution in [0.2, 0.25) is 10.0 Å². The smallest absolute Gasteiger partial charge is 0.0821 e. The Hall–Kier alpha value is -1.49. The summed E-state index contributed by atoms with van der Waals surface area (Å²) in [5, 5.41) is 11.6. The second-order valence-corrected chi connectivity index (χ2v) is 8.23. The minimum absolute atomic E-state index is 0.133. The molecular weight excluding hydrogens is 397 g/mol. The highest BCUT2D eigenvalue weighted by molar-refractivity contribution is 7.98. The van der Waals surface area contributed by atoms with E-state index in [9.17, 15) is 5.11 Å². The van der Waals surface area contributed by atoms with Crippen molar-refractivity contribution in [3.63, 3.8) is 0 Å². The summed E-state index contributed by atoms with van der Waals surface area (Å²) in [5.74, 6) is 0.665. The second kappa shape index (κ2) is 9.63. The van der Waals surface area contributed by atoms with E-state index in [1.165, 1.54) is 5.56 Å². The van der Waals surface area contributed by atoms with Gasteiger partial charge < -0.3 is 10.8 Å². The van der Waals surface area contributed by atoms with Gasteiger partial charge in [-0.2, -0.15) is 0 Å². The third kappa shape index (κ3) is 5.28. The summed E-state index contributed by atoms with van der Waals surface area (Å²) in [5.41, 5.74) is 10.1. The first kappa shape index (κ1) is 20.2. The van der Waals surface area contributed by atoms with Crippen LogP contribution in [-0.2, 0) is 5.75 Å². The lowest BCUT2D eigenvalue weighted by molar-refractivity contribution is 0.180. The van der Waals surface area contributed by atoms with E-state index in [4.69, 9.17) is 28.9 Å². The fraction of sp³-hybridized carbons (Fsp3) is 0.182. The third-order valence-corrected chi connectivity index (χ3v) is 6.38. The van der Waals surface area contributed by atoms with Gasteiger partial charge in [-0.25, -0.2) is 0 Å². The summed E-state index contributed by atoms with van der Waals surface area (Å²) < 4.78 is 0. The van der Waals surface area contributed by atoms with Crippen molar-refractivity contribution < 1.29 is 5.11 Å². The highest BCUT2D eigenvalue weighted by Gasteiger charge is 2.21. The summed E-state index contributed by atoms with van der Waals surface area (Å²) in [6.07, 6.45) is -0.636. The van der Waals surface area contributed by atoms with Crippen molar-refractivity contribution in [1.29, 1.82) is 0 Å². The molecule has 3 aromatic rings. The molecule has 0 fully saturated rings. The summed E-state index contributed by atoms with van der Waals surface area (Å²) >= 11 is 13.9. The Balaban J connectivity index is 1.78. The summed E-state index contributed by atoms with van der Waals surface area (Å²) in [6.45, 7) is 0.201. The van der Waals surface area contributed by atoms with Crippen LogP contribution in [0.25, 0.3) is 11.1 Å². The van der Waals surface area contributed by atoms with Gasteiger partial charge in [0.05, 0.1) is 11.4 Å². The molecule has 5 heteroatoms. The minimum Gasteiger partial charge on any atom is -0.390 e. The van der Waals surface area contributed by atoms with E-state index in [1.807, 2.05) is 30.3 Å². The number of aliphatic hydroxyl groups is 1. The van der Waals surface area contributed by atoms with E-state index in [1.54, 1.807) is 17.8 Å². The minimum atomic E-state index is -0.636. The van der Waals surface area contributed by atoms with Crippen LogP contribution in [0.4, 0.5) is 0 Å². The Morgan fingerprint density at radius 2 is 1.56 bits per heavy atom. The molecule has 0 heterocycles. The van der Waals surface area contributed by atoms with Gasteiger partial charge in [-0.1, -0.05) is 83.9 Å². The topological polar surface area (TPSA) is 46.2 Å². The van der Waals surface area contributed by atoms with Crippen molar-refractivity contribution in [3.05, 3.63) is 94.0 Å². The normalized spacial score (nSPS) is 13.3. The molecule has 0 radical (unpaired) electrons. The number of rotatable bonds is 7. The average molecular weight is 418 g/mol. The van der Waals surface area contributed by atoms with E-state index in [-0.39, 0.29) is 11.8 Å². The first-order valence-corrected chi connectivity index (χ1v) is 10.5. The highest BCUT2D eigenvalue weighted by atomic mass is 35.5. The van der Waals surface area contributed by atoms with Crippen LogP contribution in [0.1, 0.15) is 16.4 Å². The molecule has 0 amide bonds. The molecule has 0 aliphatic rings. The maximum atomic E-state index is 10.4. The van der Waals surface area contributed by atoms with Gasteiger partial charge in [-0.15, -0.1) is 11.8 Å². The fourth-order valence-electron chi connectivity index (χ4n) is 2.87. The molecular formula is C22H21Cl2NOS. The lowest BCUT2D eigenvalue weighted by Gasteiger charge is -2.22. The van der Waals surface area contributed by atoms with Crippen molar-refractivity contribution in [3.8, 4) is 11.1 Å². The Labute approximate surface area is 174 Å². The molecule has 0 aliphatic heterocycles. The van der Waals surface area contributed by atoms with Gasteiger partial charge in [0.2, 0.25) is 0 Å². The van der Waals surface area contributed by atoms with Crippen LogP contribution in [0, 0.1) is 0 Å². The van der Waals surface area contributed by atoms with Gasteiger partial charge >= 0.3 is 0 Å². The number of thioether (sulfide) groups is 1. The van der Waals surface area contributed by atoms with E-state index in [0.717, 1.165) is 16.7 Å². The van der Waals surface area contributed by atoms with E-state index in [2.05, 4.69) is 36.4 Å². The van der Waals surface area contributed by atoms with Crippen molar-refractivity contribution >= 4 is 35.0 Å². The summed E-state index contributed by atoms with van der Waals surface area (Å²) in [6, 6.07) is 24.0. The standard InChI is InChI=1S/C22H21Cl2NOS/c23-19-11-10-18(20(24)12-19)14-27-22(21(26)13-25)17-8-6-16(7-9-17)15-4-2-1-3-5-15/h1-12,21-22,26H,13-14,25H2. The molecule has 3 rings (SSSR count). The predicted molar refractivity (Wildman–Crippen MR) is 117 cm³/mol. The second-order valence-electron chi connectivity index (χ2n) is 6.26. The number of hydrogen-bond acceptors (Lipinski definition) is 3. The SMILES string of the molecule is NCC(O)C(SCc1ccc(Cl)cc1Cl)c1ccc(-c2ccccc2)cc1. The number of hydrogen-bond donors (Lipinski definition) is 2. The zero-order valence-corrected chi connectivity index (χ0v) is 17.0. The maximum absolute atomic E-state index is 10.4. The first-order chi connectivity index (χ1) is 13.1. The molecule has 0 spiro atoms. The average Bonchev–Trinajstić information content (AvgIpc) is 2.70. The van der Waals surface area contributed by atoms with Crippen molar-refractivity contribution in [2.45, 2.75) is 17.1 Å². The van der Waals surface area contributed by atoms with Crippen molar-refractivity contribution in [1.82, 2.24) is 0 Å². The molecule has 3 N–H and O–H groups in total. The fourth-order valence-corrected chi connectivity index (χ4v) is 4.72. The van der Waals surface area contributed by atoms with Crippen LogP contribution >= 0.6 is 35.0 Å². The van der Waals surface area contributed by atoms with Gasteiger partial charge in [-0.3, -0.25) is 0 Å². The zero-order valence-electron chi connectivity index (χ0n) is 14.7. The molecule has 0 saturated carbocycles. The molecule has 2 atom stereocenters. The maximum Gasteiger partial charge on any atom is 0.0821 e. The van der Waals surface area contributed by atoms with E-state index in [0.29, 0.717) is 15.8 Å². The number of nitrogens with two attached hydrogens (primary N) is 1. The Bertz CT molecular complexity index is 871. The largest absolute Gasteiger partial charge is 0.390 e.